The molecule has 120 valence electrons. The molecule has 0 aliphatic carbocycles. The van der Waals surface area contributed by atoms with E-state index in [1.165, 1.54) is 0 Å². The lowest BCUT2D eigenvalue weighted by Gasteiger charge is -2.30. The smallest absolute Gasteiger partial charge is 0.292 e. The van der Waals surface area contributed by atoms with Crippen LogP contribution in [0.3, 0.4) is 0 Å². The SMILES string of the molecule is CC1(c2ccc(Cl)cn2)Oc2cccc(N3CCNCC3)c2O1. The van der Waals surface area contributed by atoms with Gasteiger partial charge in [-0.05, 0) is 24.3 Å². The molecule has 1 aromatic heterocycles. The van der Waals surface area contributed by atoms with Crippen molar-refractivity contribution in [3.05, 3.63) is 47.2 Å². The molecule has 0 amide bonds. The summed E-state index contributed by atoms with van der Waals surface area (Å²) in [5.41, 5.74) is 1.77. The number of aromatic nitrogens is 1. The lowest BCUT2D eigenvalue weighted by molar-refractivity contribution is -0.0715. The van der Waals surface area contributed by atoms with Crippen LogP contribution in [0.5, 0.6) is 11.5 Å². The number of hydrogen-bond acceptors (Lipinski definition) is 5. The first-order valence-corrected chi connectivity index (χ1v) is 8.12. The number of piperazine rings is 1. The molecule has 1 N–H and O–H groups in total. The van der Waals surface area contributed by atoms with Gasteiger partial charge in [-0.3, -0.25) is 4.98 Å². The Kier molecular flexibility index (Phi) is 3.54. The molecule has 5 nitrogen and oxygen atoms in total. The Balaban J connectivity index is 1.67. The Labute approximate surface area is 140 Å². The molecule has 0 spiro atoms. The third-order valence-electron chi connectivity index (χ3n) is 4.21. The van der Waals surface area contributed by atoms with Crippen LogP contribution in [0.25, 0.3) is 0 Å². The fourth-order valence-corrected chi connectivity index (χ4v) is 3.13. The molecule has 6 heteroatoms. The van der Waals surface area contributed by atoms with Gasteiger partial charge in [0.15, 0.2) is 11.5 Å². The first-order chi connectivity index (χ1) is 11.2. The average Bonchev–Trinajstić information content (AvgIpc) is 2.93. The molecule has 1 aromatic carbocycles. The van der Waals surface area contributed by atoms with Crippen LogP contribution < -0.4 is 19.7 Å². The van der Waals surface area contributed by atoms with Gasteiger partial charge < -0.3 is 19.7 Å². The molecule has 2 aliphatic heterocycles. The number of fused-ring (bicyclic) bond motifs is 1. The van der Waals surface area contributed by atoms with Crippen molar-refractivity contribution in [2.24, 2.45) is 0 Å². The van der Waals surface area contributed by atoms with Gasteiger partial charge >= 0.3 is 0 Å². The number of nitrogens with zero attached hydrogens (tertiary/aromatic N) is 2. The molecule has 1 atom stereocenters. The first-order valence-electron chi connectivity index (χ1n) is 7.74. The number of halogens is 1. The van der Waals surface area contributed by atoms with Gasteiger partial charge in [0.1, 0.15) is 5.69 Å². The molecule has 0 radical (unpaired) electrons. The Bertz CT molecular complexity index is 716. The van der Waals surface area contributed by atoms with E-state index in [2.05, 4.69) is 21.3 Å². The number of pyridine rings is 1. The van der Waals surface area contributed by atoms with Crippen molar-refractivity contribution < 1.29 is 9.47 Å². The molecule has 2 aliphatic rings. The van der Waals surface area contributed by atoms with Crippen LogP contribution in [0.15, 0.2) is 36.5 Å². The summed E-state index contributed by atoms with van der Waals surface area (Å²) in [6, 6.07) is 9.64. The summed E-state index contributed by atoms with van der Waals surface area (Å²) in [6.45, 7) is 5.73. The van der Waals surface area contributed by atoms with Crippen LogP contribution >= 0.6 is 11.6 Å². The predicted octanol–water partition coefficient (Wildman–Crippen LogP) is 2.79. The zero-order valence-electron chi connectivity index (χ0n) is 12.9. The van der Waals surface area contributed by atoms with Gasteiger partial charge in [0.25, 0.3) is 5.79 Å². The minimum atomic E-state index is -0.933. The first kappa shape index (κ1) is 14.6. The third kappa shape index (κ3) is 2.60. The Hall–Kier alpha value is -1.98. The summed E-state index contributed by atoms with van der Waals surface area (Å²) in [4.78, 5) is 6.67. The standard InChI is InChI=1S/C17H18ClN3O2/c1-17(15-6-5-12(18)11-20-15)22-14-4-2-3-13(16(14)23-17)21-9-7-19-8-10-21/h2-6,11,19H,7-10H2,1H3. The van der Waals surface area contributed by atoms with Crippen molar-refractivity contribution in [2.45, 2.75) is 12.7 Å². The minimum absolute atomic E-state index is 0.592. The van der Waals surface area contributed by atoms with Gasteiger partial charge in [0.05, 0.1) is 10.7 Å². The topological polar surface area (TPSA) is 46.6 Å². The van der Waals surface area contributed by atoms with E-state index in [0.29, 0.717) is 10.7 Å². The summed E-state index contributed by atoms with van der Waals surface area (Å²) >= 11 is 5.92. The Morgan fingerprint density at radius 3 is 2.74 bits per heavy atom. The fourth-order valence-electron chi connectivity index (χ4n) is 3.02. The van der Waals surface area contributed by atoms with Gasteiger partial charge in [0.2, 0.25) is 0 Å². The number of nitrogens with one attached hydrogen (secondary N) is 1. The Morgan fingerprint density at radius 1 is 1.17 bits per heavy atom. The quantitative estimate of drug-likeness (QED) is 0.917. The van der Waals surface area contributed by atoms with E-state index in [1.807, 2.05) is 25.1 Å². The van der Waals surface area contributed by atoms with E-state index in [1.54, 1.807) is 12.3 Å². The van der Waals surface area contributed by atoms with Crippen molar-refractivity contribution in [1.29, 1.82) is 0 Å². The van der Waals surface area contributed by atoms with Crippen LogP contribution in [0.1, 0.15) is 12.6 Å². The van der Waals surface area contributed by atoms with Crippen molar-refractivity contribution in [1.82, 2.24) is 10.3 Å². The van der Waals surface area contributed by atoms with Crippen LogP contribution in [0.4, 0.5) is 5.69 Å². The second kappa shape index (κ2) is 5.58. The predicted molar refractivity (Wildman–Crippen MR) is 89.4 cm³/mol. The van der Waals surface area contributed by atoms with E-state index in [4.69, 9.17) is 21.1 Å². The van der Waals surface area contributed by atoms with Crippen molar-refractivity contribution in [3.63, 3.8) is 0 Å². The van der Waals surface area contributed by atoms with Crippen LogP contribution in [-0.2, 0) is 5.79 Å². The van der Waals surface area contributed by atoms with Gasteiger partial charge in [-0.2, -0.15) is 0 Å². The number of anilines is 1. The summed E-state index contributed by atoms with van der Waals surface area (Å²) in [5, 5.41) is 3.96. The van der Waals surface area contributed by atoms with E-state index >= 15 is 0 Å². The van der Waals surface area contributed by atoms with Crippen molar-refractivity contribution in [3.8, 4) is 11.5 Å². The maximum atomic E-state index is 6.21. The Morgan fingerprint density at radius 2 is 2.00 bits per heavy atom. The van der Waals surface area contributed by atoms with Crippen LogP contribution in [0, 0.1) is 0 Å². The molecule has 3 heterocycles. The van der Waals surface area contributed by atoms with Gasteiger partial charge in [0, 0.05) is 39.3 Å². The molecule has 2 aromatic rings. The third-order valence-corrected chi connectivity index (χ3v) is 4.43. The number of ether oxygens (including phenoxy) is 2. The van der Waals surface area contributed by atoms with E-state index < -0.39 is 5.79 Å². The van der Waals surface area contributed by atoms with E-state index in [-0.39, 0.29) is 0 Å². The lowest BCUT2D eigenvalue weighted by atomic mass is 10.2. The highest BCUT2D eigenvalue weighted by Gasteiger charge is 2.41. The van der Waals surface area contributed by atoms with Crippen molar-refractivity contribution in [2.75, 3.05) is 31.1 Å². The molecule has 1 unspecified atom stereocenters. The average molecular weight is 332 g/mol. The zero-order chi connectivity index (χ0) is 15.9. The second-order valence-electron chi connectivity index (χ2n) is 5.85. The maximum absolute atomic E-state index is 6.21. The van der Waals surface area contributed by atoms with Crippen LogP contribution in [-0.4, -0.2) is 31.2 Å². The number of rotatable bonds is 2. The highest BCUT2D eigenvalue weighted by atomic mass is 35.5. The molecule has 23 heavy (non-hydrogen) atoms. The molecule has 4 rings (SSSR count). The molecule has 0 saturated carbocycles. The van der Waals surface area contributed by atoms with Crippen molar-refractivity contribution >= 4 is 17.3 Å². The van der Waals surface area contributed by atoms with Gasteiger partial charge in [-0.1, -0.05) is 17.7 Å². The summed E-state index contributed by atoms with van der Waals surface area (Å²) in [5.74, 6) is 0.603. The molecular formula is C17H18ClN3O2. The highest BCUT2D eigenvalue weighted by molar-refractivity contribution is 6.30. The van der Waals surface area contributed by atoms with E-state index in [0.717, 1.165) is 43.4 Å². The summed E-state index contributed by atoms with van der Waals surface area (Å²) in [6.07, 6.45) is 1.61. The normalized spacial score (nSPS) is 23.1. The second-order valence-corrected chi connectivity index (χ2v) is 6.29. The fraction of sp³-hybridized carbons (Fsp3) is 0.353. The van der Waals surface area contributed by atoms with Gasteiger partial charge in [-0.25, -0.2) is 0 Å². The summed E-state index contributed by atoms with van der Waals surface area (Å²) in [7, 11) is 0. The maximum Gasteiger partial charge on any atom is 0.292 e. The largest absolute Gasteiger partial charge is 0.443 e. The number of benzene rings is 1. The van der Waals surface area contributed by atoms with E-state index in [9.17, 15) is 0 Å². The van der Waals surface area contributed by atoms with Crippen LogP contribution in [0.2, 0.25) is 5.02 Å². The number of para-hydroxylation sites is 1. The molecule has 0 bridgehead atoms. The lowest BCUT2D eigenvalue weighted by Crippen LogP contribution is -2.43. The monoisotopic (exact) mass is 331 g/mol. The highest BCUT2D eigenvalue weighted by Crippen LogP contribution is 2.48. The molecule has 1 saturated heterocycles. The number of hydrogen-bond donors (Lipinski definition) is 1. The minimum Gasteiger partial charge on any atom is -0.443 e. The molecular weight excluding hydrogens is 314 g/mol. The molecule has 1 fully saturated rings. The summed E-state index contributed by atoms with van der Waals surface area (Å²) < 4.78 is 12.3. The zero-order valence-corrected chi connectivity index (χ0v) is 13.6. The van der Waals surface area contributed by atoms with Gasteiger partial charge in [-0.15, -0.1) is 0 Å².